The van der Waals surface area contributed by atoms with E-state index in [1.807, 2.05) is 18.2 Å². The fourth-order valence-electron chi connectivity index (χ4n) is 4.86. The Balaban J connectivity index is 1.50. The van der Waals surface area contributed by atoms with Crippen LogP contribution in [0.4, 0.5) is 0 Å². The average molecular weight is 427 g/mol. The lowest BCUT2D eigenvalue weighted by Gasteiger charge is -2.46. The van der Waals surface area contributed by atoms with Crippen molar-refractivity contribution in [2.24, 2.45) is 5.92 Å². The summed E-state index contributed by atoms with van der Waals surface area (Å²) < 4.78 is 7.02. The number of carbonyl (C=O) groups is 2. The standard InChI is InChI=1S/C23H30N4O4/c1-25(2)21(29)15-26-13-16-12-17(14-26)22(27-19(16)8-3-9-20(27)28)23(30)24-10-4-6-18-7-5-11-31-18/h3,5,7-9,11,16-17,22H,4,6,10,12-15H2,1-2H3,(H,24,30)/t16-,17+,22+/m0/s1. The van der Waals surface area contributed by atoms with Crippen molar-refractivity contribution in [2.75, 3.05) is 40.3 Å². The van der Waals surface area contributed by atoms with Crippen molar-refractivity contribution in [2.45, 2.75) is 31.2 Å². The first-order valence-electron chi connectivity index (χ1n) is 10.9. The normalized spacial score (nSPS) is 22.6. The molecule has 31 heavy (non-hydrogen) atoms. The molecule has 0 saturated carbocycles. The minimum absolute atomic E-state index is 0.00798. The summed E-state index contributed by atoms with van der Waals surface area (Å²) in [5, 5.41) is 3.03. The van der Waals surface area contributed by atoms with E-state index in [-0.39, 0.29) is 29.2 Å². The maximum Gasteiger partial charge on any atom is 0.251 e. The molecule has 2 aliphatic heterocycles. The summed E-state index contributed by atoms with van der Waals surface area (Å²) in [5.74, 6) is 0.949. The second-order valence-electron chi connectivity index (χ2n) is 8.75. The summed E-state index contributed by atoms with van der Waals surface area (Å²) >= 11 is 0. The number of fused-ring (bicyclic) bond motifs is 4. The molecule has 0 unspecified atom stereocenters. The van der Waals surface area contributed by atoms with Crippen LogP contribution in [-0.2, 0) is 16.0 Å². The van der Waals surface area contributed by atoms with Crippen molar-refractivity contribution >= 4 is 11.8 Å². The third-order valence-corrected chi connectivity index (χ3v) is 6.33. The Morgan fingerprint density at radius 3 is 2.77 bits per heavy atom. The number of hydrogen-bond acceptors (Lipinski definition) is 5. The maximum atomic E-state index is 13.2. The quantitative estimate of drug-likeness (QED) is 0.673. The van der Waals surface area contributed by atoms with Gasteiger partial charge in [-0.3, -0.25) is 23.9 Å². The second kappa shape index (κ2) is 9.09. The average Bonchev–Trinajstić information content (AvgIpc) is 3.25. The van der Waals surface area contributed by atoms with Gasteiger partial charge in [-0.2, -0.15) is 0 Å². The summed E-state index contributed by atoms with van der Waals surface area (Å²) in [5.41, 5.74) is 0.752. The van der Waals surface area contributed by atoms with Crippen LogP contribution in [0.2, 0.25) is 0 Å². The van der Waals surface area contributed by atoms with E-state index < -0.39 is 6.04 Å². The number of likely N-dealkylation sites (N-methyl/N-ethyl adjacent to an activating group) is 1. The summed E-state index contributed by atoms with van der Waals surface area (Å²) in [6.45, 7) is 2.19. The topological polar surface area (TPSA) is 87.8 Å². The van der Waals surface area contributed by atoms with Crippen LogP contribution in [0.25, 0.3) is 0 Å². The Hall–Kier alpha value is -2.87. The third kappa shape index (κ3) is 4.58. The molecule has 2 aromatic heterocycles. The second-order valence-corrected chi connectivity index (χ2v) is 8.75. The highest BCUT2D eigenvalue weighted by Gasteiger charge is 2.43. The molecule has 2 amide bonds. The molecule has 2 bridgehead atoms. The largest absolute Gasteiger partial charge is 0.469 e. The van der Waals surface area contributed by atoms with E-state index in [9.17, 15) is 14.4 Å². The van der Waals surface area contributed by atoms with E-state index in [1.54, 1.807) is 35.9 Å². The third-order valence-electron chi connectivity index (χ3n) is 6.33. The SMILES string of the molecule is CN(C)C(=O)CN1C[C@@H]2C[C@H](C1)[C@H](C(=O)NCCCc1ccco1)n1c2cccc1=O. The number of nitrogens with one attached hydrogen (secondary N) is 1. The van der Waals surface area contributed by atoms with Crippen LogP contribution in [0.15, 0.2) is 45.8 Å². The molecule has 2 aliphatic rings. The van der Waals surface area contributed by atoms with Gasteiger partial charge < -0.3 is 14.6 Å². The number of aryl methyl sites for hydroxylation is 1. The summed E-state index contributed by atoms with van der Waals surface area (Å²) in [6, 6.07) is 8.44. The highest BCUT2D eigenvalue weighted by molar-refractivity contribution is 5.81. The summed E-state index contributed by atoms with van der Waals surface area (Å²) in [7, 11) is 3.50. The van der Waals surface area contributed by atoms with Crippen LogP contribution in [0, 0.1) is 5.92 Å². The fraction of sp³-hybridized carbons (Fsp3) is 0.522. The van der Waals surface area contributed by atoms with Gasteiger partial charge in [-0.1, -0.05) is 6.07 Å². The molecule has 8 nitrogen and oxygen atoms in total. The molecular weight excluding hydrogens is 396 g/mol. The predicted octanol–water partition coefficient (Wildman–Crippen LogP) is 1.24. The molecule has 2 aromatic rings. The molecule has 1 N–H and O–H groups in total. The molecule has 0 radical (unpaired) electrons. The van der Waals surface area contributed by atoms with Crippen LogP contribution in [0.3, 0.4) is 0 Å². The lowest BCUT2D eigenvalue weighted by atomic mass is 9.78. The smallest absolute Gasteiger partial charge is 0.251 e. The molecule has 4 heterocycles. The monoisotopic (exact) mass is 426 g/mol. The number of likely N-dealkylation sites (tertiary alicyclic amines) is 1. The minimum atomic E-state index is -0.555. The summed E-state index contributed by atoms with van der Waals surface area (Å²) in [6.07, 6.45) is 4.01. The van der Waals surface area contributed by atoms with Crippen molar-refractivity contribution in [3.05, 3.63) is 58.4 Å². The molecule has 166 valence electrons. The van der Waals surface area contributed by atoms with Gasteiger partial charge in [-0.05, 0) is 31.0 Å². The maximum absolute atomic E-state index is 13.2. The van der Waals surface area contributed by atoms with E-state index in [2.05, 4.69) is 10.2 Å². The van der Waals surface area contributed by atoms with Crippen molar-refractivity contribution in [1.29, 1.82) is 0 Å². The number of hydrogen-bond donors (Lipinski definition) is 1. The Kier molecular flexibility index (Phi) is 6.27. The van der Waals surface area contributed by atoms with Crippen LogP contribution in [-0.4, -0.2) is 66.5 Å². The van der Waals surface area contributed by atoms with E-state index in [1.165, 1.54) is 6.07 Å². The predicted molar refractivity (Wildman–Crippen MR) is 116 cm³/mol. The molecule has 4 rings (SSSR count). The first kappa shape index (κ1) is 21.4. The zero-order valence-corrected chi connectivity index (χ0v) is 18.1. The molecular formula is C23H30N4O4. The van der Waals surface area contributed by atoms with Crippen LogP contribution < -0.4 is 10.9 Å². The minimum Gasteiger partial charge on any atom is -0.469 e. The van der Waals surface area contributed by atoms with Gasteiger partial charge >= 0.3 is 0 Å². The zero-order valence-electron chi connectivity index (χ0n) is 18.1. The fourth-order valence-corrected chi connectivity index (χ4v) is 4.86. The number of carbonyl (C=O) groups excluding carboxylic acids is 2. The van der Waals surface area contributed by atoms with Gasteiger partial charge in [0.2, 0.25) is 11.8 Å². The van der Waals surface area contributed by atoms with Crippen molar-refractivity contribution in [1.82, 2.24) is 19.7 Å². The van der Waals surface area contributed by atoms with Gasteiger partial charge in [0, 0.05) is 63.7 Å². The van der Waals surface area contributed by atoms with E-state index in [0.717, 1.165) is 37.3 Å². The number of furan rings is 1. The van der Waals surface area contributed by atoms with Gasteiger partial charge in [0.1, 0.15) is 11.8 Å². The van der Waals surface area contributed by atoms with E-state index in [0.29, 0.717) is 19.6 Å². The van der Waals surface area contributed by atoms with Crippen molar-refractivity contribution < 1.29 is 14.0 Å². The molecule has 1 fully saturated rings. The van der Waals surface area contributed by atoms with E-state index in [4.69, 9.17) is 4.42 Å². The van der Waals surface area contributed by atoms with Crippen LogP contribution in [0.1, 0.15) is 36.3 Å². The molecule has 8 heteroatoms. The van der Waals surface area contributed by atoms with E-state index >= 15 is 0 Å². The Morgan fingerprint density at radius 2 is 2.03 bits per heavy atom. The van der Waals surface area contributed by atoms with Crippen molar-refractivity contribution in [3.8, 4) is 0 Å². The number of aromatic nitrogens is 1. The first-order valence-corrected chi connectivity index (χ1v) is 10.9. The molecule has 0 spiro atoms. The molecule has 0 aliphatic carbocycles. The van der Waals surface area contributed by atoms with Gasteiger partial charge in [0.15, 0.2) is 0 Å². The highest BCUT2D eigenvalue weighted by atomic mass is 16.3. The van der Waals surface area contributed by atoms with Crippen molar-refractivity contribution in [3.63, 3.8) is 0 Å². The Bertz CT molecular complexity index is 982. The number of rotatable bonds is 7. The number of nitrogens with zero attached hydrogens (tertiary/aromatic N) is 3. The van der Waals surface area contributed by atoms with Gasteiger partial charge in [0.05, 0.1) is 12.8 Å². The van der Waals surface area contributed by atoms with Gasteiger partial charge in [-0.25, -0.2) is 0 Å². The zero-order chi connectivity index (χ0) is 22.0. The van der Waals surface area contributed by atoms with Gasteiger partial charge in [-0.15, -0.1) is 0 Å². The number of pyridine rings is 1. The molecule has 1 saturated heterocycles. The number of piperidine rings is 1. The molecule has 0 aromatic carbocycles. The Morgan fingerprint density at radius 1 is 1.19 bits per heavy atom. The Labute approximate surface area is 181 Å². The highest BCUT2D eigenvalue weighted by Crippen LogP contribution is 2.41. The summed E-state index contributed by atoms with van der Waals surface area (Å²) in [4.78, 5) is 41.9. The van der Waals surface area contributed by atoms with Crippen LogP contribution >= 0.6 is 0 Å². The van der Waals surface area contributed by atoms with Crippen LogP contribution in [0.5, 0.6) is 0 Å². The first-order chi connectivity index (χ1) is 14.9. The lowest BCUT2D eigenvalue weighted by molar-refractivity contribution is -0.131. The lowest BCUT2D eigenvalue weighted by Crippen LogP contribution is -2.54. The molecule has 3 atom stereocenters. The number of amides is 2. The van der Waals surface area contributed by atoms with Gasteiger partial charge in [0.25, 0.3) is 5.56 Å².